The van der Waals surface area contributed by atoms with Crippen molar-refractivity contribution in [1.82, 2.24) is 0 Å². The third kappa shape index (κ3) is 3.39. The molecule has 15 heavy (non-hydrogen) atoms. The summed E-state index contributed by atoms with van der Waals surface area (Å²) in [5.41, 5.74) is 1.19. The smallest absolute Gasteiger partial charge is 0.103 e. The van der Waals surface area contributed by atoms with E-state index in [1.807, 2.05) is 13.1 Å². The Hall–Kier alpha value is -1.31. The van der Waals surface area contributed by atoms with Crippen molar-refractivity contribution in [3.05, 3.63) is 30.3 Å². The van der Waals surface area contributed by atoms with Crippen LogP contribution in [0.25, 0.3) is 0 Å². The molecule has 0 heterocycles. The van der Waals surface area contributed by atoms with Gasteiger partial charge in [0.25, 0.3) is 0 Å². The number of anilines is 1. The minimum Gasteiger partial charge on any atom is -0.333 e. The number of hydrogen-bond acceptors (Lipinski definition) is 1. The van der Waals surface area contributed by atoms with E-state index in [-0.39, 0.29) is 0 Å². The first-order chi connectivity index (χ1) is 7.15. The first-order valence-corrected chi connectivity index (χ1v) is 5.39. The van der Waals surface area contributed by atoms with Gasteiger partial charge >= 0.3 is 0 Å². The maximum absolute atomic E-state index is 4.35. The van der Waals surface area contributed by atoms with Gasteiger partial charge in [0.2, 0.25) is 0 Å². The maximum atomic E-state index is 4.35. The van der Waals surface area contributed by atoms with Gasteiger partial charge in [-0.3, -0.25) is 4.99 Å². The molecule has 2 heteroatoms. The van der Waals surface area contributed by atoms with Gasteiger partial charge in [0.15, 0.2) is 0 Å². The molecule has 0 spiro atoms. The van der Waals surface area contributed by atoms with E-state index in [0.29, 0.717) is 5.92 Å². The van der Waals surface area contributed by atoms with Gasteiger partial charge in [-0.1, -0.05) is 32.0 Å². The van der Waals surface area contributed by atoms with E-state index >= 15 is 0 Å². The van der Waals surface area contributed by atoms with Crippen LogP contribution in [-0.4, -0.2) is 19.9 Å². The Balaban J connectivity index is 2.79. The lowest BCUT2D eigenvalue weighted by molar-refractivity contribution is 0.677. The van der Waals surface area contributed by atoms with Gasteiger partial charge in [0.05, 0.1) is 0 Å². The fraction of sp³-hybridized carbons (Fsp3) is 0.462. The van der Waals surface area contributed by atoms with Crippen molar-refractivity contribution in [3.8, 4) is 0 Å². The first-order valence-electron chi connectivity index (χ1n) is 5.39. The quantitative estimate of drug-likeness (QED) is 0.545. The molecular weight excluding hydrogens is 184 g/mol. The number of amidine groups is 1. The highest BCUT2D eigenvalue weighted by Gasteiger charge is 2.09. The summed E-state index contributed by atoms with van der Waals surface area (Å²) in [6, 6.07) is 10.3. The van der Waals surface area contributed by atoms with Crippen LogP contribution in [0.1, 0.15) is 20.3 Å². The predicted molar refractivity (Wildman–Crippen MR) is 67.7 cm³/mol. The van der Waals surface area contributed by atoms with E-state index in [1.165, 1.54) is 5.69 Å². The molecule has 0 unspecified atom stereocenters. The molecule has 0 saturated heterocycles. The number of nitrogens with zero attached hydrogens (tertiary/aromatic N) is 2. The standard InChI is InChI=1S/C13H20N2/c1-11(2)10-13(14-3)15(4)12-8-6-5-7-9-12/h5-9,11H,10H2,1-4H3. The Kier molecular flexibility index (Phi) is 4.35. The monoisotopic (exact) mass is 204 g/mol. The molecule has 1 rings (SSSR count). The predicted octanol–water partition coefficient (Wildman–Crippen LogP) is 3.20. The minimum absolute atomic E-state index is 0.634. The van der Waals surface area contributed by atoms with E-state index < -0.39 is 0 Å². The van der Waals surface area contributed by atoms with Crippen LogP contribution >= 0.6 is 0 Å². The number of rotatable bonds is 3. The summed E-state index contributed by atoms with van der Waals surface area (Å²) < 4.78 is 0. The van der Waals surface area contributed by atoms with Crippen LogP contribution in [0.5, 0.6) is 0 Å². The number of benzene rings is 1. The van der Waals surface area contributed by atoms with Gasteiger partial charge in [-0.2, -0.15) is 0 Å². The van der Waals surface area contributed by atoms with Gasteiger partial charge < -0.3 is 4.90 Å². The molecular formula is C13H20N2. The number of hydrogen-bond donors (Lipinski definition) is 0. The van der Waals surface area contributed by atoms with Crippen molar-refractivity contribution in [2.24, 2.45) is 10.9 Å². The van der Waals surface area contributed by atoms with Crippen LogP contribution in [-0.2, 0) is 0 Å². The third-order valence-electron chi connectivity index (χ3n) is 2.38. The van der Waals surface area contributed by atoms with Gasteiger partial charge in [0.1, 0.15) is 5.84 Å². The van der Waals surface area contributed by atoms with E-state index in [9.17, 15) is 0 Å². The van der Waals surface area contributed by atoms with Crippen LogP contribution < -0.4 is 4.90 Å². The van der Waals surface area contributed by atoms with E-state index in [2.05, 4.69) is 55.1 Å². The molecule has 1 aromatic rings. The molecule has 0 radical (unpaired) electrons. The molecule has 0 aliphatic heterocycles. The topological polar surface area (TPSA) is 15.6 Å². The second-order valence-electron chi connectivity index (χ2n) is 4.13. The zero-order valence-corrected chi connectivity index (χ0v) is 10.1. The summed E-state index contributed by atoms with van der Waals surface area (Å²) in [6.45, 7) is 4.42. The van der Waals surface area contributed by atoms with Crippen molar-refractivity contribution in [2.75, 3.05) is 19.0 Å². The van der Waals surface area contributed by atoms with Crippen LogP contribution in [0.4, 0.5) is 5.69 Å². The lowest BCUT2D eigenvalue weighted by Gasteiger charge is -2.22. The second kappa shape index (κ2) is 5.54. The summed E-state index contributed by atoms with van der Waals surface area (Å²) in [5.74, 6) is 1.77. The third-order valence-corrected chi connectivity index (χ3v) is 2.38. The zero-order valence-electron chi connectivity index (χ0n) is 10.1. The van der Waals surface area contributed by atoms with Crippen molar-refractivity contribution in [1.29, 1.82) is 0 Å². The first kappa shape index (κ1) is 11.8. The summed E-state index contributed by atoms with van der Waals surface area (Å²) in [5, 5.41) is 0. The fourth-order valence-corrected chi connectivity index (χ4v) is 1.54. The number of para-hydroxylation sites is 1. The van der Waals surface area contributed by atoms with Gasteiger partial charge in [-0.15, -0.1) is 0 Å². The summed E-state index contributed by atoms with van der Waals surface area (Å²) >= 11 is 0. The van der Waals surface area contributed by atoms with Gasteiger partial charge in [-0.05, 0) is 18.1 Å². The SMILES string of the molecule is CN=C(CC(C)C)N(C)c1ccccc1. The van der Waals surface area contributed by atoms with Crippen LogP contribution in [0.2, 0.25) is 0 Å². The summed E-state index contributed by atoms with van der Waals surface area (Å²) in [6.07, 6.45) is 1.02. The van der Waals surface area contributed by atoms with Crippen LogP contribution in [0, 0.1) is 5.92 Å². The van der Waals surface area contributed by atoms with Crippen molar-refractivity contribution in [2.45, 2.75) is 20.3 Å². The molecule has 0 atom stereocenters. The maximum Gasteiger partial charge on any atom is 0.103 e. The molecule has 2 nitrogen and oxygen atoms in total. The van der Waals surface area contributed by atoms with E-state index in [1.54, 1.807) is 0 Å². The highest BCUT2D eigenvalue weighted by atomic mass is 15.2. The summed E-state index contributed by atoms with van der Waals surface area (Å²) in [7, 11) is 3.93. The molecule has 82 valence electrons. The molecule has 0 N–H and O–H groups in total. The lowest BCUT2D eigenvalue weighted by Crippen LogP contribution is -2.27. The Bertz CT molecular complexity index is 315. The highest BCUT2D eigenvalue weighted by Crippen LogP contribution is 2.14. The Morgan fingerprint density at radius 1 is 1.27 bits per heavy atom. The average molecular weight is 204 g/mol. The van der Waals surface area contributed by atoms with Gasteiger partial charge in [0, 0.05) is 26.2 Å². The fourth-order valence-electron chi connectivity index (χ4n) is 1.54. The largest absolute Gasteiger partial charge is 0.333 e. The highest BCUT2D eigenvalue weighted by molar-refractivity contribution is 5.97. The summed E-state index contributed by atoms with van der Waals surface area (Å²) in [4.78, 5) is 6.50. The minimum atomic E-state index is 0.634. The van der Waals surface area contributed by atoms with E-state index in [0.717, 1.165) is 12.3 Å². The second-order valence-corrected chi connectivity index (χ2v) is 4.13. The van der Waals surface area contributed by atoms with Gasteiger partial charge in [-0.25, -0.2) is 0 Å². The molecule has 0 aliphatic carbocycles. The lowest BCUT2D eigenvalue weighted by atomic mass is 10.1. The van der Waals surface area contributed by atoms with Crippen molar-refractivity contribution in [3.63, 3.8) is 0 Å². The molecule has 0 aromatic heterocycles. The molecule has 0 saturated carbocycles. The van der Waals surface area contributed by atoms with Crippen molar-refractivity contribution >= 4 is 11.5 Å². The Morgan fingerprint density at radius 3 is 2.33 bits per heavy atom. The average Bonchev–Trinajstić information content (AvgIpc) is 2.26. The van der Waals surface area contributed by atoms with Crippen LogP contribution in [0.15, 0.2) is 35.3 Å². The molecule has 0 aliphatic rings. The molecule has 0 bridgehead atoms. The Morgan fingerprint density at radius 2 is 1.87 bits per heavy atom. The zero-order chi connectivity index (χ0) is 11.3. The van der Waals surface area contributed by atoms with Crippen LogP contribution in [0.3, 0.4) is 0 Å². The Labute approximate surface area is 92.6 Å². The normalized spacial score (nSPS) is 11.9. The molecule has 0 fully saturated rings. The van der Waals surface area contributed by atoms with Crippen molar-refractivity contribution < 1.29 is 0 Å². The number of aliphatic imine (C=N–C) groups is 1. The molecule has 1 aromatic carbocycles. The van der Waals surface area contributed by atoms with E-state index in [4.69, 9.17) is 0 Å². The molecule has 0 amide bonds.